The van der Waals surface area contributed by atoms with E-state index in [1.807, 2.05) is 25.1 Å². The molecule has 3 heterocycles. The highest BCUT2D eigenvalue weighted by Gasteiger charge is 2.42. The molecule has 0 bridgehead atoms. The molecule has 1 aliphatic carbocycles. The van der Waals surface area contributed by atoms with Crippen LogP contribution in [0.1, 0.15) is 36.5 Å². The molecule has 0 fully saturated rings. The lowest BCUT2D eigenvalue weighted by molar-refractivity contribution is -0.116. The zero-order valence-corrected chi connectivity index (χ0v) is 22.9. The van der Waals surface area contributed by atoms with Crippen molar-refractivity contribution in [2.24, 2.45) is 5.73 Å². The Kier molecular flexibility index (Phi) is 7.19. The van der Waals surface area contributed by atoms with Crippen LogP contribution >= 0.6 is 39.0 Å². The quantitative estimate of drug-likeness (QED) is 0.366. The van der Waals surface area contributed by atoms with Crippen molar-refractivity contribution in [3.05, 3.63) is 75.1 Å². The summed E-state index contributed by atoms with van der Waals surface area (Å²) in [6.45, 7) is 1.97. The molecule has 1 aromatic carbocycles. The van der Waals surface area contributed by atoms with Crippen molar-refractivity contribution in [3.63, 3.8) is 0 Å². The van der Waals surface area contributed by atoms with Gasteiger partial charge in [0.15, 0.2) is 10.1 Å². The number of furan rings is 1. The van der Waals surface area contributed by atoms with Crippen LogP contribution in [0.25, 0.3) is 0 Å². The van der Waals surface area contributed by atoms with Crippen LogP contribution in [0.2, 0.25) is 0 Å². The first-order valence-electron chi connectivity index (χ1n) is 11.4. The Morgan fingerprint density at radius 1 is 1.38 bits per heavy atom. The maximum atomic E-state index is 13.1. The number of nitriles is 1. The molecule has 3 N–H and O–H groups in total. The molecule has 5 rings (SSSR count). The predicted octanol–water partition coefficient (Wildman–Crippen LogP) is 5.24. The molecule has 0 saturated carbocycles. The Bertz CT molecular complexity index is 1490. The molecular weight excluding hydrogens is 576 g/mol. The summed E-state index contributed by atoms with van der Waals surface area (Å²) in [5, 5.41) is 21.8. The van der Waals surface area contributed by atoms with Crippen molar-refractivity contribution in [1.82, 2.24) is 10.2 Å². The summed E-state index contributed by atoms with van der Waals surface area (Å²) in [4.78, 5) is 27.2. The van der Waals surface area contributed by atoms with Gasteiger partial charge in [-0.1, -0.05) is 29.2 Å². The number of rotatable bonds is 6. The highest BCUT2D eigenvalue weighted by molar-refractivity contribution is 9.10. The molecule has 0 spiro atoms. The fraction of sp³-hybridized carbons (Fsp3) is 0.240. The fourth-order valence-corrected chi connectivity index (χ4v) is 6.70. The van der Waals surface area contributed by atoms with Crippen molar-refractivity contribution >= 4 is 61.5 Å². The number of amides is 1. The number of nitrogens with zero attached hydrogens (tertiary/aromatic N) is 4. The average molecular weight is 598 g/mol. The smallest absolute Gasteiger partial charge is 0.234 e. The normalized spacial score (nSPS) is 17.6. The molecule has 0 radical (unpaired) electrons. The van der Waals surface area contributed by atoms with Crippen LogP contribution in [-0.4, -0.2) is 27.6 Å². The van der Waals surface area contributed by atoms with Gasteiger partial charge in [-0.15, -0.1) is 10.2 Å². The number of anilines is 2. The van der Waals surface area contributed by atoms with E-state index in [1.54, 1.807) is 17.0 Å². The van der Waals surface area contributed by atoms with Crippen LogP contribution in [0.5, 0.6) is 0 Å². The molecule has 12 heteroatoms. The van der Waals surface area contributed by atoms with Gasteiger partial charge in [-0.05, 0) is 65.5 Å². The molecule has 9 nitrogen and oxygen atoms in total. The van der Waals surface area contributed by atoms with Gasteiger partial charge in [0.2, 0.25) is 11.0 Å². The highest BCUT2D eigenvalue weighted by atomic mass is 79.9. The van der Waals surface area contributed by atoms with E-state index in [-0.39, 0.29) is 28.8 Å². The summed E-state index contributed by atoms with van der Waals surface area (Å²) >= 11 is 5.96. The number of hydrogen-bond donors (Lipinski definition) is 2. The summed E-state index contributed by atoms with van der Waals surface area (Å²) in [6.07, 6.45) is 3.19. The van der Waals surface area contributed by atoms with Gasteiger partial charge in [-0.2, -0.15) is 5.26 Å². The number of hydrogen-bond acceptors (Lipinski definition) is 10. The van der Waals surface area contributed by atoms with E-state index in [0.29, 0.717) is 51.5 Å². The van der Waals surface area contributed by atoms with E-state index in [4.69, 9.17) is 10.2 Å². The summed E-state index contributed by atoms with van der Waals surface area (Å²) in [5.41, 5.74) is 9.75. The standard InChI is InChI=1S/C25H21BrN6O3S2/c1-13-7-8-16(15(26)10-13)29-20(34)12-36-25-31-30-24(37-25)32-17-4-2-5-18(33)22(17)21(14(11-27)23(32)28)19-6-3-9-35-19/h3,6-10,21H,2,4-5,12,28H2,1H3,(H,29,34). The maximum Gasteiger partial charge on any atom is 0.234 e. The molecule has 2 aliphatic rings. The second-order valence-electron chi connectivity index (χ2n) is 8.50. The highest BCUT2D eigenvalue weighted by Crippen LogP contribution is 2.47. The predicted molar refractivity (Wildman–Crippen MR) is 145 cm³/mol. The van der Waals surface area contributed by atoms with Gasteiger partial charge < -0.3 is 15.5 Å². The van der Waals surface area contributed by atoms with Gasteiger partial charge in [0.05, 0.1) is 35.3 Å². The number of carbonyl (C=O) groups is 2. The fourth-order valence-electron chi connectivity index (χ4n) is 4.43. The maximum absolute atomic E-state index is 13.1. The van der Waals surface area contributed by atoms with Gasteiger partial charge in [-0.3, -0.25) is 14.5 Å². The molecule has 188 valence electrons. The largest absolute Gasteiger partial charge is 0.468 e. The zero-order chi connectivity index (χ0) is 26.1. The van der Waals surface area contributed by atoms with Gasteiger partial charge in [0, 0.05) is 22.2 Å². The molecule has 2 aromatic heterocycles. The minimum Gasteiger partial charge on any atom is -0.468 e. The summed E-state index contributed by atoms with van der Waals surface area (Å²) in [5.74, 6) is -0.0266. The molecular formula is C25H21BrN6O3S2. The van der Waals surface area contributed by atoms with E-state index in [9.17, 15) is 14.9 Å². The number of halogens is 1. The molecule has 0 saturated heterocycles. The van der Waals surface area contributed by atoms with Gasteiger partial charge >= 0.3 is 0 Å². The number of nitrogens with one attached hydrogen (secondary N) is 1. The second kappa shape index (κ2) is 10.5. The number of aryl methyl sites for hydroxylation is 1. The topological polar surface area (TPSA) is 138 Å². The number of thioether (sulfide) groups is 1. The molecule has 1 unspecified atom stereocenters. The van der Waals surface area contributed by atoms with E-state index in [2.05, 4.69) is 37.5 Å². The Hall–Kier alpha value is -3.40. The van der Waals surface area contributed by atoms with Crippen LogP contribution in [0.3, 0.4) is 0 Å². The van der Waals surface area contributed by atoms with Crippen molar-refractivity contribution < 1.29 is 14.0 Å². The Morgan fingerprint density at radius 3 is 2.95 bits per heavy atom. The van der Waals surface area contributed by atoms with E-state index < -0.39 is 5.92 Å². The molecule has 1 amide bonds. The van der Waals surface area contributed by atoms with E-state index >= 15 is 0 Å². The molecule has 37 heavy (non-hydrogen) atoms. The number of carbonyl (C=O) groups excluding carboxylic acids is 2. The van der Waals surface area contributed by atoms with E-state index in [1.165, 1.54) is 29.4 Å². The first-order chi connectivity index (χ1) is 17.9. The molecule has 3 aromatic rings. The lowest BCUT2D eigenvalue weighted by Crippen LogP contribution is -2.38. The third-order valence-electron chi connectivity index (χ3n) is 6.05. The number of nitrogens with two attached hydrogens (primary N) is 1. The lowest BCUT2D eigenvalue weighted by atomic mass is 9.78. The first-order valence-corrected chi connectivity index (χ1v) is 14.0. The summed E-state index contributed by atoms with van der Waals surface area (Å²) in [6, 6.07) is 11.4. The van der Waals surface area contributed by atoms with Gasteiger partial charge in [-0.25, -0.2) is 0 Å². The van der Waals surface area contributed by atoms with E-state index in [0.717, 1.165) is 10.0 Å². The monoisotopic (exact) mass is 596 g/mol. The zero-order valence-electron chi connectivity index (χ0n) is 19.7. The molecule has 1 atom stereocenters. The van der Waals surface area contributed by atoms with Crippen LogP contribution in [0.15, 0.2) is 72.5 Å². The van der Waals surface area contributed by atoms with Crippen LogP contribution < -0.4 is 16.0 Å². The SMILES string of the molecule is Cc1ccc(NC(=O)CSc2nnc(N3C(N)=C(C#N)C(c4ccco4)C4=C3CCCC4=O)s2)c(Br)c1. The Morgan fingerprint density at radius 2 is 2.22 bits per heavy atom. The number of allylic oxidation sites excluding steroid dienone is 3. The Labute approximate surface area is 229 Å². The summed E-state index contributed by atoms with van der Waals surface area (Å²) in [7, 11) is 0. The third kappa shape index (κ3) is 4.94. The minimum absolute atomic E-state index is 0.0362. The van der Waals surface area contributed by atoms with Gasteiger partial charge in [0.1, 0.15) is 11.6 Å². The average Bonchev–Trinajstić information content (AvgIpc) is 3.56. The number of Topliss-reactive ketones (excluding diaryl/α,β-unsaturated/α-hetero) is 1. The van der Waals surface area contributed by atoms with Crippen molar-refractivity contribution in [2.45, 2.75) is 36.4 Å². The summed E-state index contributed by atoms with van der Waals surface area (Å²) < 4.78 is 6.97. The lowest BCUT2D eigenvalue weighted by Gasteiger charge is -2.37. The van der Waals surface area contributed by atoms with Crippen molar-refractivity contribution in [3.8, 4) is 6.07 Å². The van der Waals surface area contributed by atoms with Crippen molar-refractivity contribution in [1.29, 1.82) is 5.26 Å². The minimum atomic E-state index is -0.648. The van der Waals surface area contributed by atoms with Crippen molar-refractivity contribution in [2.75, 3.05) is 16.0 Å². The Balaban J connectivity index is 1.39. The number of ketones is 1. The number of benzene rings is 1. The molecule has 1 aliphatic heterocycles. The second-order valence-corrected chi connectivity index (χ2v) is 11.5. The number of aromatic nitrogens is 2. The van der Waals surface area contributed by atoms with Crippen LogP contribution in [-0.2, 0) is 9.59 Å². The van der Waals surface area contributed by atoms with Crippen LogP contribution in [0.4, 0.5) is 10.8 Å². The third-order valence-corrected chi connectivity index (χ3v) is 8.75. The first kappa shape index (κ1) is 25.3. The van der Waals surface area contributed by atoms with Gasteiger partial charge in [0.25, 0.3) is 0 Å². The van der Waals surface area contributed by atoms with Crippen LogP contribution in [0, 0.1) is 18.3 Å².